The molecule has 6 nitrogen and oxygen atoms in total. The molecule has 5 rings (SSSR count). The van der Waals surface area contributed by atoms with Crippen LogP contribution >= 0.6 is 0 Å². The van der Waals surface area contributed by atoms with E-state index >= 15 is 0 Å². The van der Waals surface area contributed by atoms with Gasteiger partial charge in [-0.1, -0.05) is 41.5 Å². The minimum Gasteiger partial charge on any atom is -0.411 e. The average Bonchev–Trinajstić information content (AvgIpc) is 3.31. The lowest BCUT2D eigenvalue weighted by atomic mass is 9.54. The number of nitrogens with one attached hydrogen (secondary N) is 1. The van der Waals surface area contributed by atoms with Gasteiger partial charge in [-0.3, -0.25) is 4.79 Å². The molecule has 2 aromatic rings. The summed E-state index contributed by atoms with van der Waals surface area (Å²) in [5.41, 5.74) is 3.90. The van der Waals surface area contributed by atoms with E-state index in [-0.39, 0.29) is 11.3 Å². The molecule has 3 aliphatic rings. The van der Waals surface area contributed by atoms with Crippen LogP contribution < -0.4 is 5.32 Å². The molecule has 0 spiro atoms. The third kappa shape index (κ3) is 3.46. The normalized spacial score (nSPS) is 32.9. The molecule has 1 amide bonds. The number of fused-ring (bicyclic) bond motifs is 5. The summed E-state index contributed by atoms with van der Waals surface area (Å²) in [5, 5.41) is 20.3. The monoisotopic (exact) mass is 421 g/mol. The number of anilines is 1. The van der Waals surface area contributed by atoms with Crippen LogP contribution in [0.25, 0.3) is 0 Å². The van der Waals surface area contributed by atoms with Gasteiger partial charge in [-0.15, -0.1) is 0 Å². The molecule has 6 heteroatoms. The molecule has 5 atom stereocenters. The van der Waals surface area contributed by atoms with Gasteiger partial charge in [-0.05, 0) is 80.2 Å². The minimum absolute atomic E-state index is 0.0364. The van der Waals surface area contributed by atoms with Crippen LogP contribution in [0, 0.1) is 30.1 Å². The fourth-order valence-corrected chi connectivity index (χ4v) is 6.97. The van der Waals surface area contributed by atoms with Gasteiger partial charge in [-0.2, -0.15) is 0 Å². The summed E-state index contributed by atoms with van der Waals surface area (Å²) in [4.78, 5) is 12.5. The standard InChI is InChI=1S/C25H31N3O3/c1-15-13-22(28-31-15)26-23(29)10-8-17-14-21(27-30)25(2)12-11-19-18-6-4-3-5-16(18)7-9-20(19)24(17)25/h3-6,13,17,19-20,24,30H,7-12,14H2,1-2H3,(H,26,28,29)/b27-21+/t17-,19?,20?,24?,25-/m1/s1. The SMILES string of the molecule is Cc1cc(NC(=O)CC[C@@H]2C/C(=N\O)[C@@]3(C)CCC4c5ccccc5CCC4C23)no1. The molecular formula is C25H31N3O3. The van der Waals surface area contributed by atoms with Crippen LogP contribution in [0.1, 0.15) is 68.3 Å². The van der Waals surface area contributed by atoms with E-state index in [1.807, 2.05) is 0 Å². The van der Waals surface area contributed by atoms with E-state index in [9.17, 15) is 10.0 Å². The van der Waals surface area contributed by atoms with E-state index in [2.05, 4.69) is 46.8 Å². The number of nitrogens with zero attached hydrogens (tertiary/aromatic N) is 2. The first kappa shape index (κ1) is 20.3. The first-order chi connectivity index (χ1) is 15.0. The second-order valence-electron chi connectivity index (χ2n) is 9.91. The van der Waals surface area contributed by atoms with Crippen molar-refractivity contribution in [2.75, 3.05) is 5.32 Å². The zero-order valence-corrected chi connectivity index (χ0v) is 18.3. The van der Waals surface area contributed by atoms with Gasteiger partial charge in [0.15, 0.2) is 5.82 Å². The number of hydrogen-bond donors (Lipinski definition) is 2. The van der Waals surface area contributed by atoms with Crippen molar-refractivity contribution in [1.82, 2.24) is 5.16 Å². The number of aryl methyl sites for hydroxylation is 2. The smallest absolute Gasteiger partial charge is 0.225 e. The first-order valence-electron chi connectivity index (χ1n) is 11.5. The summed E-state index contributed by atoms with van der Waals surface area (Å²) in [6.07, 6.45) is 6.53. The highest BCUT2D eigenvalue weighted by Gasteiger charge is 2.57. The summed E-state index contributed by atoms with van der Waals surface area (Å²) in [7, 11) is 0. The van der Waals surface area contributed by atoms with Crippen LogP contribution in [0.5, 0.6) is 0 Å². The highest BCUT2D eigenvalue weighted by Crippen LogP contribution is 2.62. The van der Waals surface area contributed by atoms with E-state index in [0.717, 1.165) is 37.8 Å². The lowest BCUT2D eigenvalue weighted by Crippen LogP contribution is -2.44. The molecule has 2 fully saturated rings. The molecule has 0 aliphatic heterocycles. The third-order valence-corrected chi connectivity index (χ3v) is 8.27. The van der Waals surface area contributed by atoms with E-state index in [0.29, 0.717) is 41.7 Å². The van der Waals surface area contributed by atoms with Crippen molar-refractivity contribution in [2.45, 2.75) is 64.7 Å². The van der Waals surface area contributed by atoms with Crippen LogP contribution in [0.3, 0.4) is 0 Å². The van der Waals surface area contributed by atoms with E-state index in [4.69, 9.17) is 4.52 Å². The molecule has 1 aromatic carbocycles. The van der Waals surface area contributed by atoms with Gasteiger partial charge in [-0.25, -0.2) is 0 Å². The van der Waals surface area contributed by atoms with E-state index < -0.39 is 0 Å². The Balaban J connectivity index is 1.35. The van der Waals surface area contributed by atoms with Gasteiger partial charge < -0.3 is 15.0 Å². The molecule has 31 heavy (non-hydrogen) atoms. The molecule has 2 saturated carbocycles. The second-order valence-corrected chi connectivity index (χ2v) is 9.91. The topological polar surface area (TPSA) is 87.7 Å². The van der Waals surface area contributed by atoms with Crippen molar-refractivity contribution in [3.8, 4) is 0 Å². The van der Waals surface area contributed by atoms with Gasteiger partial charge in [0.2, 0.25) is 5.91 Å². The van der Waals surface area contributed by atoms with Crippen molar-refractivity contribution >= 4 is 17.4 Å². The Morgan fingerprint density at radius 1 is 1.35 bits per heavy atom. The Kier molecular flexibility index (Phi) is 5.11. The lowest BCUT2D eigenvalue weighted by Gasteiger charge is -2.50. The number of amides is 1. The molecule has 1 heterocycles. The number of oxime groups is 1. The van der Waals surface area contributed by atoms with Gasteiger partial charge >= 0.3 is 0 Å². The van der Waals surface area contributed by atoms with Crippen LogP contribution in [-0.4, -0.2) is 22.0 Å². The molecule has 0 radical (unpaired) electrons. The predicted octanol–water partition coefficient (Wildman–Crippen LogP) is 5.31. The second kappa shape index (κ2) is 7.81. The molecular weight excluding hydrogens is 390 g/mol. The maximum Gasteiger partial charge on any atom is 0.225 e. The molecule has 0 saturated heterocycles. The van der Waals surface area contributed by atoms with Gasteiger partial charge in [0.05, 0.1) is 5.71 Å². The third-order valence-electron chi connectivity index (χ3n) is 8.27. The fourth-order valence-electron chi connectivity index (χ4n) is 6.97. The fraction of sp³-hybridized carbons (Fsp3) is 0.560. The zero-order valence-electron chi connectivity index (χ0n) is 18.3. The average molecular weight is 422 g/mol. The zero-order chi connectivity index (χ0) is 21.6. The van der Waals surface area contributed by atoms with E-state index in [1.165, 1.54) is 17.5 Å². The van der Waals surface area contributed by atoms with Crippen molar-refractivity contribution in [2.24, 2.45) is 28.3 Å². The summed E-state index contributed by atoms with van der Waals surface area (Å²) >= 11 is 0. The lowest BCUT2D eigenvalue weighted by molar-refractivity contribution is -0.116. The van der Waals surface area contributed by atoms with Gasteiger partial charge in [0, 0.05) is 17.9 Å². The Morgan fingerprint density at radius 3 is 2.97 bits per heavy atom. The van der Waals surface area contributed by atoms with Crippen molar-refractivity contribution in [1.29, 1.82) is 0 Å². The molecule has 3 aliphatic carbocycles. The Labute approximate surface area is 183 Å². The van der Waals surface area contributed by atoms with Crippen LogP contribution in [0.15, 0.2) is 40.0 Å². The molecule has 1 aromatic heterocycles. The summed E-state index contributed by atoms with van der Waals surface area (Å²) in [5.74, 6) is 3.08. The number of carbonyl (C=O) groups excluding carboxylic acids is 1. The van der Waals surface area contributed by atoms with Crippen LogP contribution in [-0.2, 0) is 11.2 Å². The highest BCUT2D eigenvalue weighted by atomic mass is 16.5. The first-order valence-corrected chi connectivity index (χ1v) is 11.5. The Hall–Kier alpha value is -2.63. The van der Waals surface area contributed by atoms with E-state index in [1.54, 1.807) is 13.0 Å². The van der Waals surface area contributed by atoms with Gasteiger partial charge in [0.1, 0.15) is 5.76 Å². The highest BCUT2D eigenvalue weighted by molar-refractivity contribution is 5.93. The van der Waals surface area contributed by atoms with Gasteiger partial charge in [0.25, 0.3) is 0 Å². The summed E-state index contributed by atoms with van der Waals surface area (Å²) in [6, 6.07) is 10.6. The quantitative estimate of drug-likeness (QED) is 0.517. The molecule has 0 bridgehead atoms. The minimum atomic E-state index is -0.0629. The predicted molar refractivity (Wildman–Crippen MR) is 118 cm³/mol. The molecule has 3 unspecified atom stereocenters. The maximum atomic E-state index is 12.5. The van der Waals surface area contributed by atoms with Crippen molar-refractivity contribution in [3.63, 3.8) is 0 Å². The molecule has 2 N–H and O–H groups in total. The largest absolute Gasteiger partial charge is 0.411 e. The number of carbonyl (C=O) groups is 1. The number of benzene rings is 1. The maximum absolute atomic E-state index is 12.5. The van der Waals surface area contributed by atoms with Crippen molar-refractivity contribution in [3.05, 3.63) is 47.2 Å². The number of hydrogen-bond acceptors (Lipinski definition) is 5. The summed E-state index contributed by atoms with van der Waals surface area (Å²) in [6.45, 7) is 4.10. The van der Waals surface area contributed by atoms with Crippen LogP contribution in [0.2, 0.25) is 0 Å². The number of rotatable bonds is 4. The van der Waals surface area contributed by atoms with Crippen LogP contribution in [0.4, 0.5) is 5.82 Å². The summed E-state index contributed by atoms with van der Waals surface area (Å²) < 4.78 is 5.04. The Bertz CT molecular complexity index is 1010. The Morgan fingerprint density at radius 2 is 2.19 bits per heavy atom. The number of aromatic nitrogens is 1. The molecule has 164 valence electrons. The van der Waals surface area contributed by atoms with Crippen molar-refractivity contribution < 1.29 is 14.5 Å².